The highest BCUT2D eigenvalue weighted by molar-refractivity contribution is 5.38. The topological polar surface area (TPSA) is 44.2 Å². The molecule has 1 aromatic carbocycles. The number of hydrogen-bond donors (Lipinski definition) is 0. The van der Waals surface area contributed by atoms with Crippen LogP contribution < -0.4 is 9.47 Å². The summed E-state index contributed by atoms with van der Waals surface area (Å²) in [5, 5.41) is 0. The van der Waals surface area contributed by atoms with Crippen molar-refractivity contribution in [3.63, 3.8) is 0 Å². The van der Waals surface area contributed by atoms with Gasteiger partial charge in [0.15, 0.2) is 0 Å². The molecule has 0 spiro atoms. The van der Waals surface area contributed by atoms with Crippen LogP contribution >= 0.6 is 0 Å². The monoisotopic (exact) mass is 272 g/mol. The van der Waals surface area contributed by atoms with Gasteiger partial charge in [0, 0.05) is 12.0 Å². The number of aromatic nitrogens is 2. The van der Waals surface area contributed by atoms with Crippen LogP contribution in [0.5, 0.6) is 11.9 Å². The second-order valence-electron chi connectivity index (χ2n) is 4.90. The van der Waals surface area contributed by atoms with Gasteiger partial charge in [0.25, 0.3) is 0 Å². The van der Waals surface area contributed by atoms with E-state index in [4.69, 9.17) is 9.47 Å². The van der Waals surface area contributed by atoms with Crippen LogP contribution in [0.4, 0.5) is 0 Å². The zero-order valence-electron chi connectivity index (χ0n) is 12.4. The minimum atomic E-state index is 0.287. The Morgan fingerprint density at radius 2 is 1.70 bits per heavy atom. The highest BCUT2D eigenvalue weighted by Gasteiger charge is 2.18. The van der Waals surface area contributed by atoms with E-state index in [0.29, 0.717) is 11.9 Å². The van der Waals surface area contributed by atoms with Gasteiger partial charge in [0.1, 0.15) is 0 Å². The summed E-state index contributed by atoms with van der Waals surface area (Å²) in [5.41, 5.74) is 3.20. The quantitative estimate of drug-likeness (QED) is 0.838. The third-order valence-corrected chi connectivity index (χ3v) is 3.14. The van der Waals surface area contributed by atoms with Crippen molar-refractivity contribution in [2.75, 3.05) is 14.2 Å². The van der Waals surface area contributed by atoms with Gasteiger partial charge in [-0.15, -0.1) is 0 Å². The Morgan fingerprint density at radius 1 is 1.00 bits per heavy atom. The van der Waals surface area contributed by atoms with E-state index in [1.54, 1.807) is 14.2 Å². The number of hydrogen-bond acceptors (Lipinski definition) is 4. The van der Waals surface area contributed by atoms with Crippen molar-refractivity contribution in [1.82, 2.24) is 9.97 Å². The van der Waals surface area contributed by atoms with Crippen molar-refractivity contribution < 1.29 is 9.47 Å². The van der Waals surface area contributed by atoms with Gasteiger partial charge in [-0.25, -0.2) is 0 Å². The van der Waals surface area contributed by atoms with E-state index in [-0.39, 0.29) is 5.92 Å². The zero-order valence-corrected chi connectivity index (χ0v) is 12.4. The number of ether oxygens (including phenoxy) is 2. The molecule has 20 heavy (non-hydrogen) atoms. The molecule has 0 amide bonds. The zero-order chi connectivity index (χ0) is 14.5. The van der Waals surface area contributed by atoms with E-state index in [1.165, 1.54) is 5.56 Å². The molecule has 0 saturated carbocycles. The predicted octanol–water partition coefficient (Wildman–Crippen LogP) is 3.21. The van der Waals surface area contributed by atoms with Crippen molar-refractivity contribution in [2.24, 2.45) is 0 Å². The van der Waals surface area contributed by atoms with E-state index < -0.39 is 0 Å². The third kappa shape index (κ3) is 3.07. The minimum Gasteiger partial charge on any atom is -0.481 e. The molecule has 0 aliphatic carbocycles. The Balaban J connectivity index is 2.48. The van der Waals surface area contributed by atoms with E-state index in [0.717, 1.165) is 17.7 Å². The van der Waals surface area contributed by atoms with Crippen molar-refractivity contribution in [2.45, 2.75) is 26.2 Å². The van der Waals surface area contributed by atoms with Gasteiger partial charge >= 0.3 is 6.01 Å². The fraction of sp³-hybridized carbons (Fsp3) is 0.375. The fourth-order valence-corrected chi connectivity index (χ4v) is 2.22. The molecule has 2 aromatic rings. The molecule has 106 valence electrons. The first kappa shape index (κ1) is 14.3. The molecular formula is C16H20N2O2. The first-order chi connectivity index (χ1) is 9.65. The Bertz CT molecular complexity index is 568. The van der Waals surface area contributed by atoms with Crippen LogP contribution in [0.25, 0.3) is 0 Å². The molecule has 0 radical (unpaired) electrons. The Labute approximate surface area is 119 Å². The second kappa shape index (κ2) is 6.37. The number of methoxy groups -OCH3 is 2. The molecule has 0 N–H and O–H groups in total. The van der Waals surface area contributed by atoms with Gasteiger partial charge in [0.2, 0.25) is 5.88 Å². The van der Waals surface area contributed by atoms with Crippen LogP contribution in [0.15, 0.2) is 30.3 Å². The molecule has 0 fully saturated rings. The summed E-state index contributed by atoms with van der Waals surface area (Å²) >= 11 is 0. The highest BCUT2D eigenvalue weighted by atomic mass is 16.5. The minimum absolute atomic E-state index is 0.287. The molecule has 4 heteroatoms. The molecule has 0 atom stereocenters. The lowest BCUT2D eigenvalue weighted by Gasteiger charge is -2.16. The van der Waals surface area contributed by atoms with Gasteiger partial charge in [-0.2, -0.15) is 9.97 Å². The van der Waals surface area contributed by atoms with E-state index >= 15 is 0 Å². The maximum absolute atomic E-state index is 5.40. The maximum Gasteiger partial charge on any atom is 0.319 e. The van der Waals surface area contributed by atoms with Gasteiger partial charge in [0.05, 0.1) is 19.9 Å². The molecule has 0 aliphatic heterocycles. The van der Waals surface area contributed by atoms with Crippen molar-refractivity contribution in [1.29, 1.82) is 0 Å². The van der Waals surface area contributed by atoms with E-state index in [1.807, 2.05) is 18.2 Å². The summed E-state index contributed by atoms with van der Waals surface area (Å²) < 4.78 is 10.6. The van der Waals surface area contributed by atoms with E-state index in [9.17, 15) is 0 Å². The maximum atomic E-state index is 5.40. The number of nitrogens with zero attached hydrogens (tertiary/aromatic N) is 2. The third-order valence-electron chi connectivity index (χ3n) is 3.14. The number of benzene rings is 1. The summed E-state index contributed by atoms with van der Waals surface area (Å²) in [4.78, 5) is 8.78. The van der Waals surface area contributed by atoms with Crippen molar-refractivity contribution in [3.05, 3.63) is 47.2 Å². The predicted molar refractivity (Wildman–Crippen MR) is 78.5 cm³/mol. The molecule has 0 unspecified atom stereocenters. The Hall–Kier alpha value is -2.10. The van der Waals surface area contributed by atoms with Gasteiger partial charge in [-0.3, -0.25) is 0 Å². The lowest BCUT2D eigenvalue weighted by Crippen LogP contribution is -2.08. The Kier molecular flexibility index (Phi) is 4.56. The molecular weight excluding hydrogens is 252 g/mol. The molecule has 1 aromatic heterocycles. The lowest BCUT2D eigenvalue weighted by molar-refractivity contribution is 0.345. The van der Waals surface area contributed by atoms with Gasteiger partial charge < -0.3 is 9.47 Å². The first-order valence-electron chi connectivity index (χ1n) is 6.68. The molecule has 4 nitrogen and oxygen atoms in total. The largest absolute Gasteiger partial charge is 0.481 e. The fourth-order valence-electron chi connectivity index (χ4n) is 2.22. The molecule has 2 rings (SSSR count). The van der Waals surface area contributed by atoms with Crippen LogP contribution in [-0.4, -0.2) is 24.2 Å². The van der Waals surface area contributed by atoms with Gasteiger partial charge in [-0.1, -0.05) is 44.2 Å². The lowest BCUT2D eigenvalue weighted by atomic mass is 9.98. The van der Waals surface area contributed by atoms with Crippen LogP contribution in [0.2, 0.25) is 0 Å². The van der Waals surface area contributed by atoms with Crippen molar-refractivity contribution in [3.8, 4) is 11.9 Å². The van der Waals surface area contributed by atoms with Crippen molar-refractivity contribution >= 4 is 0 Å². The second-order valence-corrected chi connectivity index (χ2v) is 4.90. The summed E-state index contributed by atoms with van der Waals surface area (Å²) in [7, 11) is 3.19. The summed E-state index contributed by atoms with van der Waals surface area (Å²) in [6.07, 6.45) is 0.740. The molecule has 1 heterocycles. The van der Waals surface area contributed by atoms with Crippen LogP contribution in [-0.2, 0) is 6.42 Å². The highest BCUT2D eigenvalue weighted by Crippen LogP contribution is 2.30. The standard InChI is InChI=1S/C16H20N2O2/c1-11(2)14-13(10-12-8-6-5-7-9-12)17-16(20-4)18-15(14)19-3/h5-9,11H,10H2,1-4H3. The summed E-state index contributed by atoms with van der Waals surface area (Å²) in [5.74, 6) is 0.882. The average Bonchev–Trinajstić information content (AvgIpc) is 2.47. The first-order valence-corrected chi connectivity index (χ1v) is 6.68. The smallest absolute Gasteiger partial charge is 0.319 e. The number of rotatable bonds is 5. The van der Waals surface area contributed by atoms with E-state index in [2.05, 4.69) is 35.9 Å². The van der Waals surface area contributed by atoms with Gasteiger partial charge in [-0.05, 0) is 11.5 Å². The normalized spacial score (nSPS) is 10.7. The molecule has 0 aliphatic rings. The Morgan fingerprint density at radius 3 is 2.25 bits per heavy atom. The summed E-state index contributed by atoms with van der Waals surface area (Å²) in [6, 6.07) is 10.6. The molecule has 0 bridgehead atoms. The summed E-state index contributed by atoms with van der Waals surface area (Å²) in [6.45, 7) is 4.23. The van der Waals surface area contributed by atoms with Crippen LogP contribution in [0.3, 0.4) is 0 Å². The average molecular weight is 272 g/mol. The van der Waals surface area contributed by atoms with Crippen LogP contribution in [0.1, 0.15) is 36.6 Å². The van der Waals surface area contributed by atoms with Crippen LogP contribution in [0, 0.1) is 0 Å². The SMILES string of the molecule is COc1nc(Cc2ccccc2)c(C(C)C)c(OC)n1. The molecule has 0 saturated heterocycles.